The van der Waals surface area contributed by atoms with Crippen molar-refractivity contribution in [2.24, 2.45) is 5.92 Å². The third kappa shape index (κ3) is 3.55. The number of anilines is 1. The molecule has 2 amide bonds. The molecule has 7 nitrogen and oxygen atoms in total. The van der Waals surface area contributed by atoms with Crippen molar-refractivity contribution in [1.82, 2.24) is 4.90 Å². The van der Waals surface area contributed by atoms with Gasteiger partial charge in [0, 0.05) is 13.1 Å². The van der Waals surface area contributed by atoms with Gasteiger partial charge in [-0.3, -0.25) is 4.79 Å². The topological polar surface area (TPSA) is 95.9 Å². The summed E-state index contributed by atoms with van der Waals surface area (Å²) in [6, 6.07) is 6.13. The number of urea groups is 1. The van der Waals surface area contributed by atoms with Gasteiger partial charge in [0.05, 0.1) is 23.8 Å². The quantitative estimate of drug-likeness (QED) is 0.827. The van der Waals surface area contributed by atoms with Gasteiger partial charge < -0.3 is 20.1 Å². The van der Waals surface area contributed by atoms with Gasteiger partial charge in [0.2, 0.25) is 0 Å². The Labute approximate surface area is 127 Å². The number of rotatable bonds is 4. The number of nitrogens with zero attached hydrogens (tertiary/aromatic N) is 1. The van der Waals surface area contributed by atoms with E-state index in [1.54, 1.807) is 31.2 Å². The van der Waals surface area contributed by atoms with E-state index in [0.29, 0.717) is 18.7 Å². The van der Waals surface area contributed by atoms with Crippen LogP contribution in [0.2, 0.25) is 0 Å². The second kappa shape index (κ2) is 6.93. The van der Waals surface area contributed by atoms with Gasteiger partial charge in [-0.1, -0.05) is 12.1 Å². The Morgan fingerprint density at radius 3 is 2.73 bits per heavy atom. The van der Waals surface area contributed by atoms with E-state index in [1.165, 1.54) is 4.90 Å². The average molecular weight is 306 g/mol. The summed E-state index contributed by atoms with van der Waals surface area (Å²) in [6.45, 7) is 2.50. The number of para-hydroxylation sites is 1. The van der Waals surface area contributed by atoms with E-state index in [4.69, 9.17) is 9.84 Å². The van der Waals surface area contributed by atoms with Crippen LogP contribution in [0.5, 0.6) is 0 Å². The van der Waals surface area contributed by atoms with Gasteiger partial charge in [0.1, 0.15) is 0 Å². The summed E-state index contributed by atoms with van der Waals surface area (Å²) in [5, 5.41) is 11.6. The number of carboxylic acids is 1. The highest BCUT2D eigenvalue weighted by atomic mass is 16.5. The minimum atomic E-state index is -0.901. The van der Waals surface area contributed by atoms with Gasteiger partial charge in [0.15, 0.2) is 0 Å². The Balaban J connectivity index is 2.06. The lowest BCUT2D eigenvalue weighted by Gasteiger charge is -2.18. The predicted molar refractivity (Wildman–Crippen MR) is 78.7 cm³/mol. The highest BCUT2D eigenvalue weighted by Crippen LogP contribution is 2.20. The van der Waals surface area contributed by atoms with Crippen molar-refractivity contribution in [2.45, 2.75) is 13.3 Å². The normalized spacial score (nSPS) is 17.1. The molecule has 1 saturated heterocycles. The fourth-order valence-electron chi connectivity index (χ4n) is 2.32. The molecular weight excluding hydrogens is 288 g/mol. The summed E-state index contributed by atoms with van der Waals surface area (Å²) in [4.78, 5) is 36.4. The molecule has 0 aliphatic carbocycles. The number of amides is 2. The minimum Gasteiger partial charge on any atom is -0.481 e. The number of ether oxygens (including phenoxy) is 1. The van der Waals surface area contributed by atoms with Crippen LogP contribution in [0.3, 0.4) is 0 Å². The third-order valence-electron chi connectivity index (χ3n) is 3.49. The molecule has 118 valence electrons. The van der Waals surface area contributed by atoms with Gasteiger partial charge in [-0.2, -0.15) is 0 Å². The first-order valence-electron chi connectivity index (χ1n) is 7.07. The summed E-state index contributed by atoms with van der Waals surface area (Å²) in [5.74, 6) is -1.95. The molecule has 1 heterocycles. The van der Waals surface area contributed by atoms with Crippen LogP contribution in [0.25, 0.3) is 0 Å². The monoisotopic (exact) mass is 306 g/mol. The van der Waals surface area contributed by atoms with Crippen LogP contribution in [0.15, 0.2) is 24.3 Å². The van der Waals surface area contributed by atoms with E-state index in [2.05, 4.69) is 5.32 Å². The number of esters is 1. The first-order valence-corrected chi connectivity index (χ1v) is 7.07. The maximum absolute atomic E-state index is 12.2. The molecule has 0 aromatic heterocycles. The van der Waals surface area contributed by atoms with Gasteiger partial charge in [-0.05, 0) is 25.5 Å². The number of likely N-dealkylation sites (tertiary alicyclic amines) is 1. The molecule has 0 saturated carbocycles. The molecule has 2 rings (SSSR count). The molecule has 7 heteroatoms. The lowest BCUT2D eigenvalue weighted by Crippen LogP contribution is -2.34. The standard InChI is InChI=1S/C15H18N2O5/c1-2-22-14(20)11-5-3-4-6-12(11)16-15(21)17-8-7-10(9-17)13(18)19/h3-6,10H,2,7-9H2,1H3,(H,16,21)(H,18,19). The Kier molecular flexibility index (Phi) is 4.98. The van der Waals surface area contributed by atoms with E-state index in [9.17, 15) is 14.4 Å². The largest absolute Gasteiger partial charge is 0.481 e. The fraction of sp³-hybridized carbons (Fsp3) is 0.400. The number of carboxylic acid groups (broad SMARTS) is 1. The lowest BCUT2D eigenvalue weighted by atomic mass is 10.1. The maximum Gasteiger partial charge on any atom is 0.340 e. The summed E-state index contributed by atoms with van der Waals surface area (Å²) < 4.78 is 4.94. The van der Waals surface area contributed by atoms with Crippen LogP contribution in [0.4, 0.5) is 10.5 Å². The van der Waals surface area contributed by atoms with Crippen molar-refractivity contribution < 1.29 is 24.2 Å². The zero-order chi connectivity index (χ0) is 16.1. The predicted octanol–water partition coefficient (Wildman–Crippen LogP) is 1.80. The van der Waals surface area contributed by atoms with Gasteiger partial charge in [-0.15, -0.1) is 0 Å². The highest BCUT2D eigenvalue weighted by Gasteiger charge is 2.31. The number of aliphatic carboxylic acids is 1. The molecule has 1 fully saturated rings. The molecular formula is C15H18N2O5. The molecule has 2 N–H and O–H groups in total. The van der Waals surface area contributed by atoms with Crippen LogP contribution in [0.1, 0.15) is 23.7 Å². The van der Waals surface area contributed by atoms with Gasteiger partial charge in [0.25, 0.3) is 0 Å². The fourth-order valence-corrected chi connectivity index (χ4v) is 2.32. The summed E-state index contributed by atoms with van der Waals surface area (Å²) in [7, 11) is 0. The Hall–Kier alpha value is -2.57. The van der Waals surface area contributed by atoms with Crippen LogP contribution >= 0.6 is 0 Å². The number of hydrogen-bond donors (Lipinski definition) is 2. The zero-order valence-electron chi connectivity index (χ0n) is 12.2. The van der Waals surface area contributed by atoms with Gasteiger partial charge >= 0.3 is 18.0 Å². The smallest absolute Gasteiger partial charge is 0.340 e. The lowest BCUT2D eigenvalue weighted by molar-refractivity contribution is -0.141. The van der Waals surface area contributed by atoms with Crippen molar-refractivity contribution in [3.05, 3.63) is 29.8 Å². The molecule has 22 heavy (non-hydrogen) atoms. The van der Waals surface area contributed by atoms with Crippen LogP contribution in [-0.4, -0.2) is 47.7 Å². The number of carbonyl (C=O) groups excluding carboxylic acids is 2. The van der Waals surface area contributed by atoms with Crippen LogP contribution < -0.4 is 5.32 Å². The molecule has 1 aromatic carbocycles. The summed E-state index contributed by atoms with van der Waals surface area (Å²) in [6.07, 6.45) is 0.433. The molecule has 1 aliphatic heterocycles. The molecule has 1 aliphatic rings. The zero-order valence-corrected chi connectivity index (χ0v) is 12.2. The molecule has 0 bridgehead atoms. The number of benzene rings is 1. The Morgan fingerprint density at radius 2 is 2.09 bits per heavy atom. The van der Waals surface area contributed by atoms with Crippen molar-refractivity contribution in [3.63, 3.8) is 0 Å². The number of carbonyl (C=O) groups is 3. The molecule has 1 atom stereocenters. The second-order valence-electron chi connectivity index (χ2n) is 4.97. The van der Waals surface area contributed by atoms with Crippen molar-refractivity contribution in [3.8, 4) is 0 Å². The Bertz CT molecular complexity index is 587. The summed E-state index contributed by atoms with van der Waals surface area (Å²) in [5.41, 5.74) is 0.622. The average Bonchev–Trinajstić information content (AvgIpc) is 2.98. The van der Waals surface area contributed by atoms with Crippen molar-refractivity contribution in [1.29, 1.82) is 0 Å². The van der Waals surface area contributed by atoms with E-state index < -0.39 is 23.9 Å². The first-order chi connectivity index (χ1) is 10.5. The third-order valence-corrected chi connectivity index (χ3v) is 3.49. The highest BCUT2D eigenvalue weighted by molar-refractivity contribution is 6.01. The van der Waals surface area contributed by atoms with E-state index >= 15 is 0 Å². The molecule has 0 radical (unpaired) electrons. The van der Waals surface area contributed by atoms with Crippen molar-refractivity contribution >= 4 is 23.7 Å². The molecule has 1 unspecified atom stereocenters. The first kappa shape index (κ1) is 15.8. The van der Waals surface area contributed by atoms with Crippen LogP contribution in [0, 0.1) is 5.92 Å². The second-order valence-corrected chi connectivity index (χ2v) is 4.97. The van der Waals surface area contributed by atoms with E-state index in [0.717, 1.165) is 0 Å². The summed E-state index contributed by atoms with van der Waals surface area (Å²) >= 11 is 0. The van der Waals surface area contributed by atoms with E-state index in [1.807, 2.05) is 0 Å². The maximum atomic E-state index is 12.2. The Morgan fingerprint density at radius 1 is 1.36 bits per heavy atom. The number of nitrogens with one attached hydrogen (secondary N) is 1. The van der Waals surface area contributed by atoms with Crippen molar-refractivity contribution in [2.75, 3.05) is 25.0 Å². The molecule has 1 aromatic rings. The van der Waals surface area contributed by atoms with E-state index in [-0.39, 0.29) is 18.7 Å². The minimum absolute atomic E-state index is 0.169. The van der Waals surface area contributed by atoms with Crippen LogP contribution in [-0.2, 0) is 9.53 Å². The number of hydrogen-bond acceptors (Lipinski definition) is 4. The van der Waals surface area contributed by atoms with Gasteiger partial charge in [-0.25, -0.2) is 9.59 Å². The SMILES string of the molecule is CCOC(=O)c1ccccc1NC(=O)N1CCC(C(=O)O)C1. The molecule has 0 spiro atoms.